The van der Waals surface area contributed by atoms with E-state index in [1.54, 1.807) is 0 Å². The number of rotatable bonds is 2. The van der Waals surface area contributed by atoms with E-state index in [1.807, 2.05) is 0 Å². The van der Waals surface area contributed by atoms with Crippen LogP contribution >= 0.6 is 0 Å². The maximum Gasteiger partial charge on any atom is 0.292 e. The van der Waals surface area contributed by atoms with Gasteiger partial charge in [0.05, 0.1) is 12.1 Å². The predicted octanol–water partition coefficient (Wildman–Crippen LogP) is 1.06. The van der Waals surface area contributed by atoms with Crippen molar-refractivity contribution in [2.45, 2.75) is 12.8 Å². The molecule has 0 atom stereocenters. The highest BCUT2D eigenvalue weighted by Gasteiger charge is 2.07. The molecule has 0 bridgehead atoms. The minimum absolute atomic E-state index is 0.0735. The standard InChI is InChI=1S/C5H6F2N2O/c6-4(7)1-3-2-10-5(8)9-3/h2,4H,1H2,(H2,8,9). The van der Waals surface area contributed by atoms with Crippen LogP contribution in [0.2, 0.25) is 0 Å². The summed E-state index contributed by atoms with van der Waals surface area (Å²) < 4.78 is 27.7. The van der Waals surface area contributed by atoms with Crippen LogP contribution in [-0.2, 0) is 6.42 Å². The van der Waals surface area contributed by atoms with Crippen LogP contribution in [-0.4, -0.2) is 11.4 Å². The molecule has 1 aromatic rings. The summed E-state index contributed by atoms with van der Waals surface area (Å²) in [5.74, 6) is 0. The number of alkyl halides is 2. The van der Waals surface area contributed by atoms with E-state index in [0.29, 0.717) is 0 Å². The lowest BCUT2D eigenvalue weighted by Crippen LogP contribution is -1.96. The van der Waals surface area contributed by atoms with Gasteiger partial charge in [-0.05, 0) is 0 Å². The van der Waals surface area contributed by atoms with E-state index in [4.69, 9.17) is 5.73 Å². The van der Waals surface area contributed by atoms with E-state index in [2.05, 4.69) is 9.40 Å². The highest BCUT2D eigenvalue weighted by atomic mass is 19.3. The molecule has 1 aromatic heterocycles. The van der Waals surface area contributed by atoms with Gasteiger partial charge < -0.3 is 10.2 Å². The van der Waals surface area contributed by atoms with E-state index < -0.39 is 12.8 Å². The number of anilines is 1. The summed E-state index contributed by atoms with van der Waals surface area (Å²) >= 11 is 0. The number of nitrogens with two attached hydrogens (primary N) is 1. The Balaban J connectivity index is 2.58. The minimum Gasteiger partial charge on any atom is -0.432 e. The third kappa shape index (κ3) is 1.68. The molecule has 3 nitrogen and oxygen atoms in total. The van der Waals surface area contributed by atoms with Gasteiger partial charge in [-0.1, -0.05) is 0 Å². The molecular formula is C5H6F2N2O. The van der Waals surface area contributed by atoms with Crippen molar-refractivity contribution in [2.24, 2.45) is 0 Å². The second-order valence-corrected chi connectivity index (χ2v) is 1.77. The lowest BCUT2D eigenvalue weighted by atomic mass is 10.3. The number of nitrogens with zero attached hydrogens (tertiary/aromatic N) is 1. The van der Waals surface area contributed by atoms with Crippen molar-refractivity contribution in [2.75, 3.05) is 5.73 Å². The topological polar surface area (TPSA) is 52.0 Å². The molecule has 0 saturated carbocycles. The van der Waals surface area contributed by atoms with Crippen LogP contribution in [0.15, 0.2) is 10.7 Å². The van der Waals surface area contributed by atoms with Crippen molar-refractivity contribution < 1.29 is 13.2 Å². The maximum absolute atomic E-state index is 11.6. The first-order valence-corrected chi connectivity index (χ1v) is 2.66. The van der Waals surface area contributed by atoms with Crippen molar-refractivity contribution in [1.29, 1.82) is 0 Å². The highest BCUT2D eigenvalue weighted by molar-refractivity contribution is 5.12. The van der Waals surface area contributed by atoms with Crippen LogP contribution in [0.5, 0.6) is 0 Å². The second kappa shape index (κ2) is 2.64. The molecule has 0 aliphatic rings. The number of halogens is 2. The molecule has 1 heterocycles. The number of hydrogen-bond acceptors (Lipinski definition) is 3. The average Bonchev–Trinajstić information content (AvgIpc) is 2.13. The van der Waals surface area contributed by atoms with E-state index in [9.17, 15) is 8.78 Å². The van der Waals surface area contributed by atoms with Gasteiger partial charge in [0, 0.05) is 0 Å². The fraction of sp³-hybridized carbons (Fsp3) is 0.400. The minimum atomic E-state index is -2.40. The summed E-state index contributed by atoms with van der Waals surface area (Å²) in [6, 6.07) is -0.0735. The van der Waals surface area contributed by atoms with Gasteiger partial charge in [0.1, 0.15) is 6.26 Å². The third-order valence-electron chi connectivity index (χ3n) is 0.933. The molecule has 0 unspecified atom stereocenters. The Labute approximate surface area is 55.8 Å². The van der Waals surface area contributed by atoms with Crippen LogP contribution in [0.25, 0.3) is 0 Å². The molecular weight excluding hydrogens is 142 g/mol. The first-order chi connectivity index (χ1) is 4.68. The molecule has 0 fully saturated rings. The molecule has 5 heteroatoms. The van der Waals surface area contributed by atoms with Gasteiger partial charge in [0.25, 0.3) is 6.01 Å². The van der Waals surface area contributed by atoms with Gasteiger partial charge in [-0.2, -0.15) is 4.98 Å². The summed E-state index contributed by atoms with van der Waals surface area (Å²) in [5.41, 5.74) is 5.22. The summed E-state index contributed by atoms with van der Waals surface area (Å²) in [4.78, 5) is 3.48. The summed E-state index contributed by atoms with van der Waals surface area (Å²) in [5, 5.41) is 0. The van der Waals surface area contributed by atoms with E-state index in [1.165, 1.54) is 0 Å². The fourth-order valence-corrected chi connectivity index (χ4v) is 0.574. The zero-order chi connectivity index (χ0) is 7.56. The van der Waals surface area contributed by atoms with Gasteiger partial charge in [-0.25, -0.2) is 8.78 Å². The zero-order valence-corrected chi connectivity index (χ0v) is 5.05. The second-order valence-electron chi connectivity index (χ2n) is 1.77. The van der Waals surface area contributed by atoms with Crippen LogP contribution in [0.4, 0.5) is 14.8 Å². The number of aromatic nitrogens is 1. The van der Waals surface area contributed by atoms with Crippen LogP contribution in [0, 0.1) is 0 Å². The van der Waals surface area contributed by atoms with Crippen molar-refractivity contribution in [3.05, 3.63) is 12.0 Å². The molecule has 0 aliphatic heterocycles. The Morgan fingerprint density at radius 1 is 1.70 bits per heavy atom. The van der Waals surface area contributed by atoms with Crippen LogP contribution < -0.4 is 5.73 Å². The zero-order valence-electron chi connectivity index (χ0n) is 5.05. The van der Waals surface area contributed by atoms with E-state index in [-0.39, 0.29) is 11.7 Å². The van der Waals surface area contributed by atoms with Gasteiger partial charge in [0.2, 0.25) is 6.43 Å². The summed E-state index contributed by atoms with van der Waals surface area (Å²) in [6.07, 6.45) is -1.67. The molecule has 0 saturated heterocycles. The first-order valence-electron chi connectivity index (χ1n) is 2.66. The van der Waals surface area contributed by atoms with Crippen molar-refractivity contribution in [3.8, 4) is 0 Å². The van der Waals surface area contributed by atoms with E-state index in [0.717, 1.165) is 6.26 Å². The average molecular weight is 148 g/mol. The lowest BCUT2D eigenvalue weighted by Gasteiger charge is -1.89. The molecule has 0 aliphatic carbocycles. The Bertz CT molecular complexity index is 211. The Hall–Kier alpha value is -1.13. The highest BCUT2D eigenvalue weighted by Crippen LogP contribution is 2.07. The predicted molar refractivity (Wildman–Crippen MR) is 30.6 cm³/mol. The van der Waals surface area contributed by atoms with Crippen molar-refractivity contribution >= 4 is 6.01 Å². The normalized spacial score (nSPS) is 10.7. The molecule has 2 N–H and O–H groups in total. The first kappa shape index (κ1) is 6.98. The monoisotopic (exact) mass is 148 g/mol. The summed E-state index contributed by atoms with van der Waals surface area (Å²) in [6.45, 7) is 0. The van der Waals surface area contributed by atoms with Crippen molar-refractivity contribution in [3.63, 3.8) is 0 Å². The largest absolute Gasteiger partial charge is 0.432 e. The number of hydrogen-bond donors (Lipinski definition) is 1. The lowest BCUT2D eigenvalue weighted by molar-refractivity contribution is 0.148. The third-order valence-corrected chi connectivity index (χ3v) is 0.933. The molecule has 0 radical (unpaired) electrons. The summed E-state index contributed by atoms with van der Waals surface area (Å²) in [7, 11) is 0. The quantitative estimate of drug-likeness (QED) is 0.682. The number of oxazole rings is 1. The van der Waals surface area contributed by atoms with Gasteiger partial charge in [0.15, 0.2) is 0 Å². The maximum atomic E-state index is 11.6. The molecule has 0 aromatic carbocycles. The molecule has 0 amide bonds. The fourth-order valence-electron chi connectivity index (χ4n) is 0.574. The van der Waals surface area contributed by atoms with Crippen LogP contribution in [0.1, 0.15) is 5.69 Å². The van der Waals surface area contributed by atoms with Gasteiger partial charge >= 0.3 is 0 Å². The van der Waals surface area contributed by atoms with Gasteiger partial charge in [-0.3, -0.25) is 0 Å². The Morgan fingerprint density at radius 3 is 2.80 bits per heavy atom. The molecule has 56 valence electrons. The van der Waals surface area contributed by atoms with E-state index >= 15 is 0 Å². The van der Waals surface area contributed by atoms with Gasteiger partial charge in [-0.15, -0.1) is 0 Å². The SMILES string of the molecule is Nc1nc(CC(F)F)co1. The van der Waals surface area contributed by atoms with Crippen LogP contribution in [0.3, 0.4) is 0 Å². The van der Waals surface area contributed by atoms with Crippen molar-refractivity contribution in [1.82, 2.24) is 4.98 Å². The number of nitrogen functional groups attached to an aromatic ring is 1. The molecule has 10 heavy (non-hydrogen) atoms. The Morgan fingerprint density at radius 2 is 2.40 bits per heavy atom. The molecule has 1 rings (SSSR count). The smallest absolute Gasteiger partial charge is 0.292 e. The Kier molecular flexibility index (Phi) is 1.84. The molecule has 0 spiro atoms.